The second kappa shape index (κ2) is 6.83. The molecule has 3 nitrogen and oxygen atoms in total. The van der Waals surface area contributed by atoms with E-state index in [2.05, 4.69) is 0 Å². The predicted molar refractivity (Wildman–Crippen MR) is 81.7 cm³/mol. The first kappa shape index (κ1) is 16.4. The largest absolute Gasteiger partial charge is 0.243 e. The van der Waals surface area contributed by atoms with Crippen LogP contribution in [0.5, 0.6) is 0 Å². The topological polar surface area (TPSA) is 37.4 Å². The SMILES string of the molecule is O=S(=O)(c1cc(F)c(Cl)c(CCl)c1)N1CCCSCC1. The van der Waals surface area contributed by atoms with Crippen LogP contribution in [0, 0.1) is 5.82 Å². The van der Waals surface area contributed by atoms with Crippen LogP contribution in [-0.2, 0) is 15.9 Å². The monoisotopic (exact) mass is 357 g/mol. The van der Waals surface area contributed by atoms with Crippen molar-refractivity contribution in [3.63, 3.8) is 0 Å². The van der Waals surface area contributed by atoms with Crippen LogP contribution < -0.4 is 0 Å². The molecule has 1 heterocycles. The van der Waals surface area contributed by atoms with Gasteiger partial charge in [0.15, 0.2) is 0 Å². The standard InChI is InChI=1S/C12H14Cl2FNO2S2/c13-8-9-6-10(7-11(15)12(9)14)20(17,18)16-2-1-4-19-5-3-16/h6-7H,1-5,8H2. The summed E-state index contributed by atoms with van der Waals surface area (Å²) in [5.41, 5.74) is 0.288. The molecule has 1 aliphatic heterocycles. The van der Waals surface area contributed by atoms with Gasteiger partial charge >= 0.3 is 0 Å². The maximum atomic E-state index is 13.7. The fourth-order valence-corrected chi connectivity index (χ4v) is 4.98. The number of alkyl halides is 1. The van der Waals surface area contributed by atoms with Gasteiger partial charge in [0, 0.05) is 24.7 Å². The van der Waals surface area contributed by atoms with E-state index in [9.17, 15) is 12.8 Å². The average molecular weight is 358 g/mol. The lowest BCUT2D eigenvalue weighted by Gasteiger charge is -2.20. The van der Waals surface area contributed by atoms with Gasteiger partial charge in [-0.25, -0.2) is 12.8 Å². The summed E-state index contributed by atoms with van der Waals surface area (Å²) in [6.07, 6.45) is 0.794. The molecule has 0 aliphatic carbocycles. The van der Waals surface area contributed by atoms with Gasteiger partial charge < -0.3 is 0 Å². The maximum Gasteiger partial charge on any atom is 0.243 e. The van der Waals surface area contributed by atoms with E-state index in [1.54, 1.807) is 11.8 Å². The van der Waals surface area contributed by atoms with E-state index < -0.39 is 15.8 Å². The lowest BCUT2D eigenvalue weighted by atomic mass is 10.2. The molecular formula is C12H14Cl2FNO2S2. The summed E-state index contributed by atoms with van der Waals surface area (Å²) in [5, 5.41) is -0.120. The van der Waals surface area contributed by atoms with Crippen molar-refractivity contribution in [2.24, 2.45) is 0 Å². The molecule has 0 N–H and O–H groups in total. The lowest BCUT2D eigenvalue weighted by molar-refractivity contribution is 0.434. The highest BCUT2D eigenvalue weighted by Crippen LogP contribution is 2.28. The van der Waals surface area contributed by atoms with Crippen molar-refractivity contribution in [2.75, 3.05) is 24.6 Å². The fourth-order valence-electron chi connectivity index (χ4n) is 1.98. The van der Waals surface area contributed by atoms with Crippen molar-refractivity contribution in [2.45, 2.75) is 17.2 Å². The summed E-state index contributed by atoms with van der Waals surface area (Å²) in [6.45, 7) is 0.892. The summed E-state index contributed by atoms with van der Waals surface area (Å²) >= 11 is 13.2. The fraction of sp³-hybridized carbons (Fsp3) is 0.500. The minimum atomic E-state index is -3.69. The molecule has 1 aromatic carbocycles. The number of sulfonamides is 1. The van der Waals surface area contributed by atoms with E-state index in [1.807, 2.05) is 0 Å². The minimum Gasteiger partial charge on any atom is -0.207 e. The van der Waals surface area contributed by atoms with Crippen LogP contribution in [0.2, 0.25) is 5.02 Å². The molecule has 0 unspecified atom stereocenters. The molecule has 0 saturated carbocycles. The summed E-state index contributed by atoms with van der Waals surface area (Å²) in [6, 6.07) is 2.32. The normalized spacial score (nSPS) is 17.9. The van der Waals surface area contributed by atoms with Gasteiger partial charge in [0.1, 0.15) is 5.82 Å². The number of rotatable bonds is 3. The van der Waals surface area contributed by atoms with E-state index in [1.165, 1.54) is 10.4 Å². The molecule has 0 radical (unpaired) electrons. The summed E-state index contributed by atoms with van der Waals surface area (Å²) in [4.78, 5) is -0.0815. The Bertz CT molecular complexity index is 587. The number of benzene rings is 1. The number of hydrogen-bond donors (Lipinski definition) is 0. The maximum absolute atomic E-state index is 13.7. The average Bonchev–Trinajstić information content (AvgIpc) is 2.71. The van der Waals surface area contributed by atoms with Crippen LogP contribution in [0.25, 0.3) is 0 Å². The second-order valence-electron chi connectivity index (χ2n) is 4.38. The molecule has 1 fully saturated rings. The van der Waals surface area contributed by atoms with Crippen LogP contribution in [0.1, 0.15) is 12.0 Å². The molecule has 2 rings (SSSR count). The van der Waals surface area contributed by atoms with E-state index >= 15 is 0 Å². The number of hydrogen-bond acceptors (Lipinski definition) is 3. The van der Waals surface area contributed by atoms with Crippen molar-refractivity contribution in [3.05, 3.63) is 28.5 Å². The van der Waals surface area contributed by atoms with E-state index in [-0.39, 0.29) is 21.4 Å². The second-order valence-corrected chi connectivity index (χ2v) is 8.19. The van der Waals surface area contributed by atoms with Crippen molar-refractivity contribution >= 4 is 45.0 Å². The first-order valence-electron chi connectivity index (χ1n) is 6.08. The molecular weight excluding hydrogens is 344 g/mol. The first-order chi connectivity index (χ1) is 9.46. The van der Waals surface area contributed by atoms with Crippen LogP contribution in [0.15, 0.2) is 17.0 Å². The summed E-state index contributed by atoms with van der Waals surface area (Å²) < 4.78 is 40.2. The van der Waals surface area contributed by atoms with Gasteiger partial charge in [-0.05, 0) is 29.9 Å². The smallest absolute Gasteiger partial charge is 0.207 e. The molecule has 0 spiro atoms. The van der Waals surface area contributed by atoms with Crippen molar-refractivity contribution in [3.8, 4) is 0 Å². The number of halogens is 3. The van der Waals surface area contributed by atoms with Gasteiger partial charge in [-0.3, -0.25) is 0 Å². The highest BCUT2D eigenvalue weighted by molar-refractivity contribution is 7.99. The molecule has 20 heavy (non-hydrogen) atoms. The van der Waals surface area contributed by atoms with Crippen LogP contribution >= 0.6 is 35.0 Å². The highest BCUT2D eigenvalue weighted by Gasteiger charge is 2.27. The van der Waals surface area contributed by atoms with Crippen molar-refractivity contribution in [1.29, 1.82) is 0 Å². The van der Waals surface area contributed by atoms with Crippen molar-refractivity contribution in [1.82, 2.24) is 4.31 Å². The Morgan fingerprint density at radius 2 is 2.05 bits per heavy atom. The molecule has 0 amide bonds. The van der Waals surface area contributed by atoms with Gasteiger partial charge in [0.05, 0.1) is 9.92 Å². The molecule has 8 heteroatoms. The Morgan fingerprint density at radius 3 is 2.75 bits per heavy atom. The zero-order valence-corrected chi connectivity index (χ0v) is 13.8. The molecule has 1 saturated heterocycles. The number of nitrogens with zero attached hydrogens (tertiary/aromatic N) is 1. The molecule has 112 valence electrons. The Labute approximate surface area is 132 Å². The Hall–Kier alpha value is -0.0100. The molecule has 0 atom stereocenters. The molecule has 1 aromatic rings. The third kappa shape index (κ3) is 3.42. The lowest BCUT2D eigenvalue weighted by Crippen LogP contribution is -2.33. The van der Waals surface area contributed by atoms with Crippen molar-refractivity contribution < 1.29 is 12.8 Å². The van der Waals surface area contributed by atoms with Gasteiger partial charge in [-0.2, -0.15) is 16.1 Å². The zero-order valence-electron chi connectivity index (χ0n) is 10.6. The quantitative estimate of drug-likeness (QED) is 0.778. The number of thioether (sulfide) groups is 1. The predicted octanol–water partition coefficient (Wildman–Crippen LogP) is 3.35. The van der Waals surface area contributed by atoms with Gasteiger partial charge in [-0.1, -0.05) is 11.6 Å². The van der Waals surface area contributed by atoms with Crippen LogP contribution in [0.4, 0.5) is 4.39 Å². The first-order valence-corrected chi connectivity index (χ1v) is 9.59. The van der Waals surface area contributed by atoms with Gasteiger partial charge in [0.2, 0.25) is 10.0 Å². The Morgan fingerprint density at radius 1 is 1.30 bits per heavy atom. The van der Waals surface area contributed by atoms with Gasteiger partial charge in [0.25, 0.3) is 0 Å². The van der Waals surface area contributed by atoms with Gasteiger partial charge in [-0.15, -0.1) is 11.6 Å². The summed E-state index contributed by atoms with van der Waals surface area (Å²) in [5.74, 6) is 0.896. The third-order valence-electron chi connectivity index (χ3n) is 3.04. The molecule has 1 aliphatic rings. The van der Waals surface area contributed by atoms with E-state index in [0.717, 1.165) is 24.0 Å². The third-order valence-corrected chi connectivity index (χ3v) is 6.68. The summed E-state index contributed by atoms with van der Waals surface area (Å²) in [7, 11) is -3.69. The zero-order chi connectivity index (χ0) is 14.8. The molecule has 0 aromatic heterocycles. The van der Waals surface area contributed by atoms with Crippen LogP contribution in [-0.4, -0.2) is 37.3 Å². The highest BCUT2D eigenvalue weighted by atomic mass is 35.5. The van der Waals surface area contributed by atoms with E-state index in [0.29, 0.717) is 13.1 Å². The minimum absolute atomic E-state index is 0.0328. The van der Waals surface area contributed by atoms with Crippen LogP contribution in [0.3, 0.4) is 0 Å². The van der Waals surface area contributed by atoms with E-state index in [4.69, 9.17) is 23.2 Å². The Kier molecular flexibility index (Phi) is 5.59. The Balaban J connectivity index is 2.40. The molecule has 0 bridgehead atoms.